The van der Waals surface area contributed by atoms with E-state index >= 15 is 0 Å². The lowest BCUT2D eigenvalue weighted by Crippen LogP contribution is -2.64. The predicted octanol–water partition coefficient (Wildman–Crippen LogP) is -0.0309. The van der Waals surface area contributed by atoms with Crippen LogP contribution in [-0.2, 0) is 80.9 Å². The molecule has 2 rings (SSSR count). The minimum atomic E-state index is -1.54. The predicted molar refractivity (Wildman–Crippen MR) is 147 cm³/mol. The normalized spacial score (nSPS) is 31.1. The molecule has 0 aromatic carbocycles. The summed E-state index contributed by atoms with van der Waals surface area (Å²) in [7, 11) is 1.23. The fourth-order valence-corrected chi connectivity index (χ4v) is 5.36. The summed E-state index contributed by atoms with van der Waals surface area (Å²) in [4.78, 5) is 83.9. The van der Waals surface area contributed by atoms with E-state index < -0.39 is 104 Å². The molecule has 18 heteroatoms. The fourth-order valence-electron chi connectivity index (χ4n) is 4.69. The summed E-state index contributed by atoms with van der Waals surface area (Å²) in [6.07, 6.45) is -13.7. The van der Waals surface area contributed by atoms with Crippen LogP contribution in [0.1, 0.15) is 48.5 Å². The molecule has 2 saturated heterocycles. The smallest absolute Gasteiger partial charge is 0.303 e. The van der Waals surface area contributed by atoms with Gasteiger partial charge in [-0.15, -0.1) is 0 Å². The van der Waals surface area contributed by atoms with Gasteiger partial charge >= 0.3 is 35.8 Å². The highest BCUT2D eigenvalue weighted by atomic mass is 32.2. The molecular formula is C27H38O17S. The van der Waals surface area contributed by atoms with Gasteiger partial charge in [-0.3, -0.25) is 33.6 Å². The van der Waals surface area contributed by atoms with E-state index in [4.69, 9.17) is 47.4 Å². The summed E-state index contributed by atoms with van der Waals surface area (Å²) in [6, 6.07) is 0. The third kappa shape index (κ3) is 11.5. The Morgan fingerprint density at radius 2 is 0.867 bits per heavy atom. The van der Waals surface area contributed by atoms with Crippen molar-refractivity contribution >= 4 is 52.7 Å². The van der Waals surface area contributed by atoms with Gasteiger partial charge in [0, 0.05) is 61.3 Å². The van der Waals surface area contributed by atoms with Crippen molar-refractivity contribution in [1.29, 1.82) is 0 Å². The van der Waals surface area contributed by atoms with E-state index in [0.29, 0.717) is 0 Å². The third-order valence-corrected chi connectivity index (χ3v) is 7.00. The molecule has 45 heavy (non-hydrogen) atoms. The maximum Gasteiger partial charge on any atom is 0.303 e. The van der Waals surface area contributed by atoms with Crippen molar-refractivity contribution in [3.8, 4) is 0 Å². The minimum Gasteiger partial charge on any atom is -0.456 e. The number of ether oxygens (including phenoxy) is 10. The van der Waals surface area contributed by atoms with Crippen LogP contribution in [0.4, 0.5) is 0 Å². The molecule has 0 aromatic heterocycles. The van der Waals surface area contributed by atoms with E-state index in [1.54, 1.807) is 0 Å². The average molecular weight is 667 g/mol. The molecule has 0 bridgehead atoms. The standard InChI is InChI=1S/C27H38O17S/c1-11(28)37-20-18(43-26(35-8)24(41-15(5)32)22(20)39-13(3)30)9-36-27-25(42-16(6)33)23(40-14(4)31)21(38-12(2)29)19(44-27)10-45-17(7)34/h18-27H,9-10H2,1-8H3/t18-,19-,20-,21-,22+,23+,24-,25-,26+,27-/m1/s1. The zero-order valence-corrected chi connectivity index (χ0v) is 26.9. The van der Waals surface area contributed by atoms with Crippen molar-refractivity contribution < 1.29 is 80.9 Å². The maximum absolute atomic E-state index is 12.1. The lowest BCUT2D eigenvalue weighted by molar-refractivity contribution is -0.328. The molecule has 0 saturated carbocycles. The van der Waals surface area contributed by atoms with Crippen LogP contribution in [0.5, 0.6) is 0 Å². The van der Waals surface area contributed by atoms with Crippen molar-refractivity contribution in [2.75, 3.05) is 19.5 Å². The first kappa shape index (κ1) is 37.9. The van der Waals surface area contributed by atoms with Crippen molar-refractivity contribution in [3.63, 3.8) is 0 Å². The van der Waals surface area contributed by atoms with E-state index in [1.807, 2.05) is 0 Å². The summed E-state index contributed by atoms with van der Waals surface area (Å²) in [5.41, 5.74) is 0. The molecule has 2 aliphatic heterocycles. The van der Waals surface area contributed by atoms with E-state index in [2.05, 4.69) is 0 Å². The van der Waals surface area contributed by atoms with Gasteiger partial charge < -0.3 is 47.4 Å². The summed E-state index contributed by atoms with van der Waals surface area (Å²) < 4.78 is 55.5. The monoisotopic (exact) mass is 666 g/mol. The molecule has 17 nitrogen and oxygen atoms in total. The molecule has 0 aliphatic carbocycles. The molecule has 0 spiro atoms. The van der Waals surface area contributed by atoms with Crippen LogP contribution in [0.2, 0.25) is 0 Å². The lowest BCUT2D eigenvalue weighted by Gasteiger charge is -2.46. The number of methoxy groups -OCH3 is 1. The molecule has 0 unspecified atom stereocenters. The second kappa shape index (κ2) is 17.4. The van der Waals surface area contributed by atoms with Crippen LogP contribution in [0.25, 0.3) is 0 Å². The van der Waals surface area contributed by atoms with E-state index in [1.165, 1.54) is 14.0 Å². The molecule has 0 radical (unpaired) electrons. The molecule has 10 atom stereocenters. The molecule has 254 valence electrons. The summed E-state index contributed by atoms with van der Waals surface area (Å²) in [5.74, 6) is -4.90. The summed E-state index contributed by atoms with van der Waals surface area (Å²) in [6.45, 7) is 7.32. The number of hydrogen-bond donors (Lipinski definition) is 0. The van der Waals surface area contributed by atoms with E-state index in [0.717, 1.165) is 53.3 Å². The minimum absolute atomic E-state index is 0.0853. The first-order valence-corrected chi connectivity index (χ1v) is 14.6. The van der Waals surface area contributed by atoms with Gasteiger partial charge in [0.2, 0.25) is 0 Å². The highest BCUT2D eigenvalue weighted by Gasteiger charge is 2.55. The topological polar surface area (TPSA) is 212 Å². The largest absolute Gasteiger partial charge is 0.456 e. The first-order valence-electron chi connectivity index (χ1n) is 13.7. The second-order valence-electron chi connectivity index (χ2n) is 9.90. The average Bonchev–Trinajstić information content (AvgIpc) is 2.90. The number of rotatable bonds is 12. The SMILES string of the molecule is CO[C@H]1O[C@H](CO[C@@H]2O[C@H](CSC(C)=O)[C@@H](OC(C)=O)[C@H](OC(C)=O)[C@H]2OC(C)=O)[C@@H](OC(C)=O)[C@H](OC(C)=O)[C@H]1OC(C)=O. The quantitative estimate of drug-likeness (QED) is 0.198. The Hall–Kier alpha value is -3.32. The van der Waals surface area contributed by atoms with Crippen LogP contribution in [-0.4, -0.2) is 122 Å². The van der Waals surface area contributed by atoms with Gasteiger partial charge in [-0.25, -0.2) is 0 Å². The number of thioether (sulfide) groups is 1. The van der Waals surface area contributed by atoms with Gasteiger partial charge in [0.25, 0.3) is 0 Å². The van der Waals surface area contributed by atoms with Crippen LogP contribution in [0.3, 0.4) is 0 Å². The Morgan fingerprint density at radius 1 is 0.511 bits per heavy atom. The zero-order valence-electron chi connectivity index (χ0n) is 26.0. The third-order valence-electron chi connectivity index (χ3n) is 6.10. The van der Waals surface area contributed by atoms with Crippen molar-refractivity contribution in [2.24, 2.45) is 0 Å². The Labute approximate surface area is 263 Å². The zero-order chi connectivity index (χ0) is 34.0. The molecule has 2 heterocycles. The van der Waals surface area contributed by atoms with Crippen LogP contribution in [0, 0.1) is 0 Å². The molecular weight excluding hydrogens is 628 g/mol. The molecule has 0 aromatic rings. The van der Waals surface area contributed by atoms with Crippen molar-refractivity contribution in [2.45, 2.75) is 110 Å². The second-order valence-corrected chi connectivity index (χ2v) is 11.1. The lowest BCUT2D eigenvalue weighted by atomic mass is 9.97. The van der Waals surface area contributed by atoms with Gasteiger partial charge in [-0.05, 0) is 0 Å². The van der Waals surface area contributed by atoms with Gasteiger partial charge in [0.15, 0.2) is 54.3 Å². The Kier molecular flexibility index (Phi) is 14.6. The van der Waals surface area contributed by atoms with Crippen molar-refractivity contribution in [3.05, 3.63) is 0 Å². The van der Waals surface area contributed by atoms with Crippen molar-refractivity contribution in [1.82, 2.24) is 0 Å². The Balaban J connectivity index is 2.51. The van der Waals surface area contributed by atoms with E-state index in [-0.39, 0.29) is 10.9 Å². The molecule has 2 fully saturated rings. The van der Waals surface area contributed by atoms with Gasteiger partial charge in [-0.1, -0.05) is 11.8 Å². The van der Waals surface area contributed by atoms with Gasteiger partial charge in [0.05, 0.1) is 6.61 Å². The van der Waals surface area contributed by atoms with E-state index in [9.17, 15) is 33.6 Å². The molecule has 0 N–H and O–H groups in total. The Morgan fingerprint density at radius 3 is 1.27 bits per heavy atom. The van der Waals surface area contributed by atoms with Crippen LogP contribution < -0.4 is 0 Å². The summed E-state index contributed by atoms with van der Waals surface area (Å²) in [5, 5.41) is -0.298. The highest BCUT2D eigenvalue weighted by molar-refractivity contribution is 8.13. The maximum atomic E-state index is 12.1. The summed E-state index contributed by atoms with van der Waals surface area (Å²) >= 11 is 0.827. The Bertz CT molecular complexity index is 1110. The highest BCUT2D eigenvalue weighted by Crippen LogP contribution is 2.34. The number of carbonyl (C=O) groups excluding carboxylic acids is 7. The van der Waals surface area contributed by atoms with Gasteiger partial charge in [-0.2, -0.15) is 0 Å². The molecule has 2 aliphatic rings. The number of carbonyl (C=O) groups is 7. The van der Waals surface area contributed by atoms with Crippen LogP contribution >= 0.6 is 11.8 Å². The van der Waals surface area contributed by atoms with Gasteiger partial charge in [0.1, 0.15) is 12.2 Å². The first-order chi connectivity index (χ1) is 21.0. The van der Waals surface area contributed by atoms with Crippen LogP contribution in [0.15, 0.2) is 0 Å². The number of esters is 6. The molecule has 0 amide bonds. The number of hydrogen-bond acceptors (Lipinski definition) is 18. The fraction of sp³-hybridized carbons (Fsp3) is 0.741.